The van der Waals surface area contributed by atoms with Crippen LogP contribution in [0.2, 0.25) is 0 Å². The molecule has 0 heterocycles. The van der Waals surface area contributed by atoms with Crippen LogP contribution in [-0.2, 0) is 0 Å². The predicted molar refractivity (Wildman–Crippen MR) is 161 cm³/mol. The van der Waals surface area contributed by atoms with Crippen LogP contribution in [0, 0.1) is 29.2 Å². The molecule has 1 nitrogen and oxygen atoms in total. The molecule has 5 heteroatoms. The molecular weight excluding hydrogens is 524 g/mol. The zero-order valence-electron chi connectivity index (χ0n) is 24.1. The molecule has 0 radical (unpaired) electrons. The first-order chi connectivity index (χ1) is 19.9. The van der Waals surface area contributed by atoms with Gasteiger partial charge in [-0.1, -0.05) is 100 Å². The summed E-state index contributed by atoms with van der Waals surface area (Å²) in [4.78, 5) is 0. The Balaban J connectivity index is 1.41. The van der Waals surface area contributed by atoms with Crippen LogP contribution in [0.4, 0.5) is 17.6 Å². The third-order valence-corrected chi connectivity index (χ3v) is 7.90. The molecule has 41 heavy (non-hydrogen) atoms. The molecule has 0 aliphatic heterocycles. The summed E-state index contributed by atoms with van der Waals surface area (Å²) < 4.78 is 65.5. The van der Waals surface area contributed by atoms with Gasteiger partial charge in [0.15, 0.2) is 23.2 Å². The van der Waals surface area contributed by atoms with E-state index in [1.807, 2.05) is 19.1 Å². The van der Waals surface area contributed by atoms with Gasteiger partial charge in [0.05, 0.1) is 6.61 Å². The van der Waals surface area contributed by atoms with Gasteiger partial charge in [-0.3, -0.25) is 0 Å². The zero-order valence-corrected chi connectivity index (χ0v) is 24.1. The van der Waals surface area contributed by atoms with Gasteiger partial charge in [0.25, 0.3) is 0 Å². The molecule has 1 aliphatic rings. The van der Waals surface area contributed by atoms with Crippen molar-refractivity contribution in [2.45, 2.75) is 78.1 Å². The van der Waals surface area contributed by atoms with E-state index in [-0.39, 0.29) is 16.9 Å². The highest BCUT2D eigenvalue weighted by Crippen LogP contribution is 2.36. The maximum Gasteiger partial charge on any atom is 0.201 e. The lowest BCUT2D eigenvalue weighted by atomic mass is 9.85. The van der Waals surface area contributed by atoms with Crippen LogP contribution in [0.5, 0.6) is 5.75 Å². The van der Waals surface area contributed by atoms with Gasteiger partial charge in [0.1, 0.15) is 0 Å². The summed E-state index contributed by atoms with van der Waals surface area (Å²) in [6.07, 6.45) is 16.4. The van der Waals surface area contributed by atoms with Crippen LogP contribution in [0.25, 0.3) is 27.8 Å². The fourth-order valence-electron chi connectivity index (χ4n) is 5.50. The number of benzene rings is 3. The van der Waals surface area contributed by atoms with E-state index in [4.69, 9.17) is 4.74 Å². The van der Waals surface area contributed by atoms with E-state index in [1.165, 1.54) is 37.8 Å². The summed E-state index contributed by atoms with van der Waals surface area (Å²) >= 11 is 0. The van der Waals surface area contributed by atoms with Crippen molar-refractivity contribution in [3.05, 3.63) is 95.6 Å². The van der Waals surface area contributed by atoms with E-state index in [9.17, 15) is 8.78 Å². The van der Waals surface area contributed by atoms with Crippen molar-refractivity contribution in [3.63, 3.8) is 0 Å². The summed E-state index contributed by atoms with van der Waals surface area (Å²) in [7, 11) is 0. The first kappa shape index (κ1) is 30.6. The Morgan fingerprint density at radius 1 is 0.707 bits per heavy atom. The van der Waals surface area contributed by atoms with Crippen LogP contribution in [0.1, 0.15) is 83.6 Å². The lowest BCUT2D eigenvalue weighted by Gasteiger charge is -2.20. The minimum absolute atomic E-state index is 0.0831. The molecule has 0 fully saturated rings. The SMILES string of the molecule is C/C=C/C1CC=C(c2ccc(-c3ccc(-c4ccc(OCCCCCCCCC)c(F)c4F)cc3)c(F)c2F)CC1. The molecule has 1 atom stereocenters. The fourth-order valence-corrected chi connectivity index (χ4v) is 5.50. The number of unbranched alkanes of at least 4 members (excludes halogenated alkanes) is 6. The third-order valence-electron chi connectivity index (χ3n) is 7.90. The van der Waals surface area contributed by atoms with Gasteiger partial charge in [0, 0.05) is 16.7 Å². The number of hydrogen-bond donors (Lipinski definition) is 0. The molecule has 0 amide bonds. The summed E-state index contributed by atoms with van der Waals surface area (Å²) in [6, 6.07) is 12.5. The Kier molecular flexibility index (Phi) is 11.2. The average molecular weight is 565 g/mol. The number of allylic oxidation sites excluding steroid dienone is 4. The molecule has 3 aromatic rings. The summed E-state index contributed by atoms with van der Waals surface area (Å²) in [5.41, 5.74) is 2.23. The molecule has 3 aromatic carbocycles. The standard InChI is InChI=1S/C36H40F4O/c1-3-5-6-7-8-9-10-24-41-32-23-22-31(35(39)36(32)40)28-18-16-27(17-19-28)30-21-20-29(33(37)34(30)38)26-14-12-25(11-4-2)13-15-26/h4,11,14,16-23,25H,3,5-10,12-13,15,24H2,1-2H3/b11-4+. The summed E-state index contributed by atoms with van der Waals surface area (Å²) in [5.74, 6) is -3.45. The minimum Gasteiger partial charge on any atom is -0.490 e. The van der Waals surface area contributed by atoms with Crippen molar-refractivity contribution in [1.29, 1.82) is 0 Å². The maximum atomic E-state index is 15.2. The molecule has 0 aromatic heterocycles. The minimum atomic E-state index is -1.02. The highest BCUT2D eigenvalue weighted by molar-refractivity contribution is 5.74. The average Bonchev–Trinajstić information content (AvgIpc) is 2.99. The molecule has 1 aliphatic carbocycles. The number of rotatable bonds is 13. The van der Waals surface area contributed by atoms with E-state index in [0.717, 1.165) is 37.7 Å². The second-order valence-corrected chi connectivity index (χ2v) is 10.9. The lowest BCUT2D eigenvalue weighted by molar-refractivity contribution is 0.285. The van der Waals surface area contributed by atoms with Gasteiger partial charge in [-0.2, -0.15) is 4.39 Å². The molecule has 0 saturated carbocycles. The van der Waals surface area contributed by atoms with Crippen molar-refractivity contribution in [1.82, 2.24) is 0 Å². The highest BCUT2D eigenvalue weighted by atomic mass is 19.2. The molecule has 0 saturated heterocycles. The van der Waals surface area contributed by atoms with Crippen LogP contribution in [0.15, 0.2) is 66.8 Å². The van der Waals surface area contributed by atoms with Gasteiger partial charge in [-0.25, -0.2) is 13.2 Å². The molecule has 0 spiro atoms. The maximum absolute atomic E-state index is 15.2. The van der Waals surface area contributed by atoms with Crippen LogP contribution < -0.4 is 4.74 Å². The van der Waals surface area contributed by atoms with Gasteiger partial charge >= 0.3 is 0 Å². The number of ether oxygens (including phenoxy) is 1. The Hall–Kier alpha value is -3.34. The van der Waals surface area contributed by atoms with Gasteiger partial charge in [-0.05, 0) is 67.4 Å². The van der Waals surface area contributed by atoms with Crippen LogP contribution in [0.3, 0.4) is 0 Å². The highest BCUT2D eigenvalue weighted by Gasteiger charge is 2.21. The number of halogens is 4. The Morgan fingerprint density at radius 2 is 1.27 bits per heavy atom. The van der Waals surface area contributed by atoms with Crippen molar-refractivity contribution >= 4 is 5.57 Å². The monoisotopic (exact) mass is 564 g/mol. The predicted octanol–water partition coefficient (Wildman–Crippen LogP) is 11.5. The number of hydrogen-bond acceptors (Lipinski definition) is 1. The van der Waals surface area contributed by atoms with E-state index in [1.54, 1.807) is 36.4 Å². The van der Waals surface area contributed by atoms with Crippen molar-refractivity contribution in [3.8, 4) is 28.0 Å². The van der Waals surface area contributed by atoms with Gasteiger partial charge in [0.2, 0.25) is 5.82 Å². The summed E-state index contributed by atoms with van der Waals surface area (Å²) in [5, 5.41) is 0. The van der Waals surface area contributed by atoms with E-state index in [0.29, 0.717) is 35.6 Å². The van der Waals surface area contributed by atoms with Gasteiger partial charge < -0.3 is 4.74 Å². The molecule has 4 rings (SSSR count). The second-order valence-electron chi connectivity index (χ2n) is 10.9. The van der Waals surface area contributed by atoms with Gasteiger partial charge in [-0.15, -0.1) is 0 Å². The van der Waals surface area contributed by atoms with E-state index in [2.05, 4.69) is 13.0 Å². The quantitative estimate of drug-likeness (QED) is 0.114. The topological polar surface area (TPSA) is 9.23 Å². The third kappa shape index (κ3) is 7.69. The Morgan fingerprint density at radius 3 is 1.88 bits per heavy atom. The molecular formula is C36H40F4O. The Labute approximate surface area is 242 Å². The fraction of sp³-hybridized carbons (Fsp3) is 0.389. The lowest BCUT2D eigenvalue weighted by Crippen LogP contribution is -2.05. The van der Waals surface area contributed by atoms with Crippen molar-refractivity contribution in [2.24, 2.45) is 5.92 Å². The first-order valence-corrected chi connectivity index (χ1v) is 15.0. The Bertz CT molecular complexity index is 1360. The largest absolute Gasteiger partial charge is 0.490 e. The van der Waals surface area contributed by atoms with E-state index >= 15 is 8.78 Å². The molecule has 1 unspecified atom stereocenters. The smallest absolute Gasteiger partial charge is 0.201 e. The van der Waals surface area contributed by atoms with Crippen molar-refractivity contribution in [2.75, 3.05) is 6.61 Å². The van der Waals surface area contributed by atoms with E-state index < -0.39 is 23.3 Å². The first-order valence-electron chi connectivity index (χ1n) is 15.0. The summed E-state index contributed by atoms with van der Waals surface area (Å²) in [6.45, 7) is 4.51. The van der Waals surface area contributed by atoms with Crippen LogP contribution in [-0.4, -0.2) is 6.61 Å². The zero-order chi connectivity index (χ0) is 29.2. The molecule has 0 bridgehead atoms. The van der Waals surface area contributed by atoms with Crippen LogP contribution >= 0.6 is 0 Å². The van der Waals surface area contributed by atoms with Crippen molar-refractivity contribution < 1.29 is 22.3 Å². The molecule has 218 valence electrons. The normalized spacial score (nSPS) is 15.4. The second kappa shape index (κ2) is 15.0. The molecule has 0 N–H and O–H groups in total.